The van der Waals surface area contributed by atoms with E-state index in [1.54, 1.807) is 0 Å². The third kappa shape index (κ3) is 2.05. The Morgan fingerprint density at radius 1 is 1.24 bits per heavy atom. The van der Waals surface area contributed by atoms with Crippen molar-refractivity contribution in [3.63, 3.8) is 0 Å². The number of piperazine rings is 1. The number of rotatable bonds is 1. The molecule has 90 valence electrons. The maximum atomic E-state index is 4.31. The number of anilines is 1. The van der Waals surface area contributed by atoms with Crippen LogP contribution in [-0.2, 0) is 0 Å². The van der Waals surface area contributed by atoms with Crippen LogP contribution in [-0.4, -0.2) is 47.5 Å². The number of pyridine rings is 1. The lowest BCUT2D eigenvalue weighted by Gasteiger charge is -2.34. The van der Waals surface area contributed by atoms with E-state index in [1.165, 1.54) is 5.69 Å². The van der Waals surface area contributed by atoms with Gasteiger partial charge in [-0.1, -0.05) is 0 Å². The molecule has 17 heavy (non-hydrogen) atoms. The Balaban J connectivity index is 1.94. The smallest absolute Gasteiger partial charge is 0.151 e. The summed E-state index contributed by atoms with van der Waals surface area (Å²) in [5, 5.41) is 0. The van der Waals surface area contributed by atoms with E-state index in [4.69, 9.17) is 0 Å². The van der Waals surface area contributed by atoms with Crippen LogP contribution in [0.25, 0.3) is 5.65 Å². The molecule has 1 aliphatic heterocycles. The van der Waals surface area contributed by atoms with Crippen LogP contribution in [0.1, 0.15) is 0 Å². The zero-order valence-electron chi connectivity index (χ0n) is 9.80. The van der Waals surface area contributed by atoms with E-state index in [1.807, 2.05) is 12.4 Å². The fourth-order valence-corrected chi connectivity index (χ4v) is 2.76. The van der Waals surface area contributed by atoms with Crippen LogP contribution in [0.4, 0.5) is 5.69 Å². The fourth-order valence-electron chi connectivity index (χ4n) is 2.21. The predicted molar refractivity (Wildman–Crippen MR) is 72.6 cm³/mol. The third-order valence-electron chi connectivity index (χ3n) is 3.30. The summed E-state index contributed by atoms with van der Waals surface area (Å²) >= 11 is 3.58. The van der Waals surface area contributed by atoms with Gasteiger partial charge in [-0.3, -0.25) is 0 Å². The normalized spacial score (nSPS) is 17.9. The molecule has 1 fully saturated rings. The first-order valence-electron chi connectivity index (χ1n) is 5.80. The molecule has 3 heterocycles. The van der Waals surface area contributed by atoms with Gasteiger partial charge in [0.05, 0.1) is 10.2 Å². The first kappa shape index (κ1) is 11.0. The minimum Gasteiger partial charge on any atom is -0.368 e. The van der Waals surface area contributed by atoms with Gasteiger partial charge in [0.2, 0.25) is 0 Å². The number of hydrogen-bond acceptors (Lipinski definition) is 3. The second-order valence-electron chi connectivity index (χ2n) is 4.49. The fraction of sp³-hybridized carbons (Fsp3) is 0.417. The average molecular weight is 295 g/mol. The number of imidazole rings is 1. The van der Waals surface area contributed by atoms with Crippen molar-refractivity contribution >= 4 is 27.3 Å². The molecule has 0 aromatic carbocycles. The lowest BCUT2D eigenvalue weighted by molar-refractivity contribution is 0.313. The van der Waals surface area contributed by atoms with Gasteiger partial charge in [0, 0.05) is 44.8 Å². The highest BCUT2D eigenvalue weighted by atomic mass is 79.9. The highest BCUT2D eigenvalue weighted by Crippen LogP contribution is 2.24. The highest BCUT2D eigenvalue weighted by Gasteiger charge is 2.15. The van der Waals surface area contributed by atoms with Crippen molar-refractivity contribution in [3.8, 4) is 0 Å². The maximum absolute atomic E-state index is 4.31. The van der Waals surface area contributed by atoms with Crippen molar-refractivity contribution in [2.75, 3.05) is 38.1 Å². The first-order chi connectivity index (χ1) is 8.24. The molecule has 5 heteroatoms. The Morgan fingerprint density at radius 2 is 2.00 bits per heavy atom. The van der Waals surface area contributed by atoms with Crippen LogP contribution in [0.15, 0.2) is 29.1 Å². The molecule has 3 rings (SSSR count). The van der Waals surface area contributed by atoms with E-state index < -0.39 is 0 Å². The second kappa shape index (κ2) is 4.31. The monoisotopic (exact) mass is 294 g/mol. The predicted octanol–water partition coefficient (Wildman–Crippen LogP) is 1.85. The van der Waals surface area contributed by atoms with Crippen molar-refractivity contribution in [1.82, 2.24) is 14.3 Å². The molecule has 0 bridgehead atoms. The van der Waals surface area contributed by atoms with E-state index >= 15 is 0 Å². The molecule has 0 radical (unpaired) electrons. The highest BCUT2D eigenvalue weighted by molar-refractivity contribution is 9.10. The molecule has 1 saturated heterocycles. The van der Waals surface area contributed by atoms with Gasteiger partial charge in [-0.15, -0.1) is 0 Å². The number of nitrogens with zero attached hydrogens (tertiary/aromatic N) is 4. The van der Waals surface area contributed by atoms with Gasteiger partial charge in [-0.05, 0) is 29.0 Å². The van der Waals surface area contributed by atoms with E-state index in [0.29, 0.717) is 0 Å². The standard InChI is InChI=1S/C12H15BrN4/c1-15-4-6-16(7-5-15)10-8-11(13)12-14-2-3-17(12)9-10/h2-3,8-9H,4-7H2,1H3. The lowest BCUT2D eigenvalue weighted by atomic mass is 10.3. The maximum Gasteiger partial charge on any atom is 0.151 e. The quantitative estimate of drug-likeness (QED) is 0.802. The topological polar surface area (TPSA) is 23.8 Å². The van der Waals surface area contributed by atoms with Crippen molar-refractivity contribution in [3.05, 3.63) is 29.1 Å². The van der Waals surface area contributed by atoms with Gasteiger partial charge in [0.15, 0.2) is 5.65 Å². The molecule has 0 unspecified atom stereocenters. The molecule has 0 atom stereocenters. The molecule has 1 aliphatic rings. The molecule has 2 aromatic heterocycles. The molecule has 0 saturated carbocycles. The van der Waals surface area contributed by atoms with Crippen molar-refractivity contribution in [1.29, 1.82) is 0 Å². The largest absolute Gasteiger partial charge is 0.368 e. The van der Waals surface area contributed by atoms with Gasteiger partial charge < -0.3 is 14.2 Å². The zero-order valence-corrected chi connectivity index (χ0v) is 11.4. The van der Waals surface area contributed by atoms with E-state index in [-0.39, 0.29) is 0 Å². The number of hydrogen-bond donors (Lipinski definition) is 0. The molecule has 2 aromatic rings. The Kier molecular flexibility index (Phi) is 2.80. The van der Waals surface area contributed by atoms with Gasteiger partial charge in [0.25, 0.3) is 0 Å². The molecule has 0 aliphatic carbocycles. The number of aromatic nitrogens is 2. The molecular weight excluding hydrogens is 280 g/mol. The van der Waals surface area contributed by atoms with E-state index in [0.717, 1.165) is 36.3 Å². The van der Waals surface area contributed by atoms with E-state index in [2.05, 4.69) is 54.4 Å². The summed E-state index contributed by atoms with van der Waals surface area (Å²) < 4.78 is 3.12. The summed E-state index contributed by atoms with van der Waals surface area (Å²) in [5.41, 5.74) is 2.23. The van der Waals surface area contributed by atoms with Crippen LogP contribution in [0.2, 0.25) is 0 Å². The molecular formula is C12H15BrN4. The van der Waals surface area contributed by atoms with Crippen LogP contribution in [0, 0.1) is 0 Å². The van der Waals surface area contributed by atoms with Gasteiger partial charge in [-0.2, -0.15) is 0 Å². The Morgan fingerprint density at radius 3 is 2.76 bits per heavy atom. The summed E-state index contributed by atoms with van der Waals surface area (Å²) in [4.78, 5) is 9.09. The van der Waals surface area contributed by atoms with Gasteiger partial charge >= 0.3 is 0 Å². The summed E-state index contributed by atoms with van der Waals surface area (Å²) in [6.07, 6.45) is 5.96. The van der Waals surface area contributed by atoms with Crippen molar-refractivity contribution in [2.45, 2.75) is 0 Å². The number of likely N-dealkylation sites (N-methyl/N-ethyl adjacent to an activating group) is 1. The van der Waals surface area contributed by atoms with Crippen LogP contribution < -0.4 is 4.90 Å². The van der Waals surface area contributed by atoms with Crippen molar-refractivity contribution in [2.24, 2.45) is 0 Å². The number of fused-ring (bicyclic) bond motifs is 1. The summed E-state index contributed by atoms with van der Waals surface area (Å²) in [5.74, 6) is 0. The van der Waals surface area contributed by atoms with E-state index in [9.17, 15) is 0 Å². The lowest BCUT2D eigenvalue weighted by Crippen LogP contribution is -2.44. The molecule has 0 spiro atoms. The van der Waals surface area contributed by atoms with Crippen LogP contribution in [0.5, 0.6) is 0 Å². The summed E-state index contributed by atoms with van der Waals surface area (Å²) in [6.45, 7) is 4.42. The van der Waals surface area contributed by atoms with Gasteiger partial charge in [-0.25, -0.2) is 4.98 Å². The van der Waals surface area contributed by atoms with Crippen molar-refractivity contribution < 1.29 is 0 Å². The molecule has 0 N–H and O–H groups in total. The van der Waals surface area contributed by atoms with Gasteiger partial charge in [0.1, 0.15) is 0 Å². The third-order valence-corrected chi connectivity index (χ3v) is 3.88. The minimum absolute atomic E-state index is 0.975. The SMILES string of the molecule is CN1CCN(c2cc(Br)c3nccn3c2)CC1. The molecule has 4 nitrogen and oxygen atoms in total. The Bertz CT molecular complexity index is 528. The Hall–Kier alpha value is -1.07. The van der Waals surface area contributed by atoms with Crippen LogP contribution in [0.3, 0.4) is 0 Å². The van der Waals surface area contributed by atoms with Crippen LogP contribution >= 0.6 is 15.9 Å². The Labute approximate surface area is 109 Å². The zero-order chi connectivity index (χ0) is 11.8. The summed E-state index contributed by atoms with van der Waals surface area (Å²) in [6, 6.07) is 2.16. The average Bonchev–Trinajstić information content (AvgIpc) is 2.78. The molecule has 0 amide bonds. The summed E-state index contributed by atoms with van der Waals surface area (Å²) in [7, 11) is 2.17. The number of halogens is 1. The minimum atomic E-state index is 0.975. The first-order valence-corrected chi connectivity index (χ1v) is 6.59. The second-order valence-corrected chi connectivity index (χ2v) is 5.35.